The summed E-state index contributed by atoms with van der Waals surface area (Å²) in [5, 5.41) is 0. The van der Waals surface area contributed by atoms with Crippen molar-refractivity contribution in [3.63, 3.8) is 0 Å². The fourth-order valence-electron chi connectivity index (χ4n) is 2.06. The van der Waals surface area contributed by atoms with Crippen LogP contribution in [0.5, 0.6) is 0 Å². The zero-order valence-corrected chi connectivity index (χ0v) is 8.01. The molecule has 4 atom stereocenters. The predicted molar refractivity (Wildman–Crippen MR) is 46.6 cm³/mol. The summed E-state index contributed by atoms with van der Waals surface area (Å²) in [7, 11) is 0. The van der Waals surface area contributed by atoms with Crippen LogP contribution in [-0.2, 0) is 18.9 Å². The molecule has 0 radical (unpaired) electrons. The number of epoxide rings is 1. The molecule has 0 aromatic heterocycles. The van der Waals surface area contributed by atoms with Crippen molar-refractivity contribution in [1.29, 1.82) is 0 Å². The smallest absolute Gasteiger partial charge is 0.287 e. The van der Waals surface area contributed by atoms with Crippen LogP contribution >= 0.6 is 0 Å². The van der Waals surface area contributed by atoms with Crippen molar-refractivity contribution in [2.45, 2.75) is 29.7 Å². The lowest BCUT2D eigenvalue weighted by Crippen LogP contribution is -2.71. The number of hydrogen-bond acceptors (Lipinski definition) is 8. The summed E-state index contributed by atoms with van der Waals surface area (Å²) >= 11 is 0. The summed E-state index contributed by atoms with van der Waals surface area (Å²) in [5.74, 6) is 0. The quantitative estimate of drug-likeness (QED) is 0.244. The summed E-state index contributed by atoms with van der Waals surface area (Å²) < 4.78 is 21.0. The summed E-state index contributed by atoms with van der Waals surface area (Å²) in [6.45, 7) is 0.412. The highest BCUT2D eigenvalue weighted by atomic mass is 16.8. The fraction of sp³-hybridized carbons (Fsp3) is 1.00. The van der Waals surface area contributed by atoms with E-state index in [1.165, 1.54) is 0 Å². The molecule has 0 aromatic rings. The summed E-state index contributed by atoms with van der Waals surface area (Å²) in [6, 6.07) is -1.67. The lowest BCUT2D eigenvalue weighted by atomic mass is 9.96. The van der Waals surface area contributed by atoms with Crippen molar-refractivity contribution in [2.24, 2.45) is 22.9 Å². The first-order valence-corrected chi connectivity index (χ1v) is 4.65. The predicted octanol–water partition coefficient (Wildman–Crippen LogP) is -3.33. The highest BCUT2D eigenvalue weighted by Crippen LogP contribution is 2.49. The molecule has 3 aliphatic heterocycles. The lowest BCUT2D eigenvalue weighted by molar-refractivity contribution is -0.337. The van der Waals surface area contributed by atoms with Crippen LogP contribution in [-0.4, -0.2) is 42.9 Å². The number of ether oxygens (including phenoxy) is 4. The molecule has 86 valence electrons. The van der Waals surface area contributed by atoms with Crippen molar-refractivity contribution in [3.05, 3.63) is 0 Å². The topological polar surface area (TPSA) is 144 Å². The molecule has 0 aliphatic carbocycles. The van der Waals surface area contributed by atoms with Gasteiger partial charge in [-0.3, -0.25) is 22.9 Å². The maximum Gasteiger partial charge on any atom is 0.287 e. The maximum absolute atomic E-state index is 5.94. The first kappa shape index (κ1) is 9.87. The Morgan fingerprint density at radius 1 is 1.13 bits per heavy atom. The van der Waals surface area contributed by atoms with Gasteiger partial charge in [0.05, 0.1) is 13.2 Å². The van der Waals surface area contributed by atoms with Gasteiger partial charge >= 0.3 is 0 Å². The number of nitrogens with two attached hydrogens (primary N) is 4. The third-order valence-electron chi connectivity index (χ3n) is 3.03. The second-order valence-electron chi connectivity index (χ2n) is 4.20. The van der Waals surface area contributed by atoms with Gasteiger partial charge in [-0.2, -0.15) is 0 Å². The van der Waals surface area contributed by atoms with Gasteiger partial charge in [-0.15, -0.1) is 0 Å². The molecule has 0 aromatic carbocycles. The Kier molecular flexibility index (Phi) is 1.64. The molecule has 15 heavy (non-hydrogen) atoms. The van der Waals surface area contributed by atoms with E-state index in [0.29, 0.717) is 0 Å². The molecule has 8 N–H and O–H groups in total. The molecular formula is C7H14N4O4. The molecule has 0 spiro atoms. The lowest BCUT2D eigenvalue weighted by Gasteiger charge is -2.43. The minimum atomic E-state index is -1.67. The summed E-state index contributed by atoms with van der Waals surface area (Å²) in [6.07, 6.45) is -0.964. The normalized spacial score (nSPS) is 56.8. The van der Waals surface area contributed by atoms with Crippen LogP contribution in [0, 0.1) is 0 Å². The molecule has 3 fully saturated rings. The Morgan fingerprint density at radius 3 is 2.60 bits per heavy atom. The molecule has 8 nitrogen and oxygen atoms in total. The van der Waals surface area contributed by atoms with Crippen LogP contribution in [0.2, 0.25) is 0 Å². The molecule has 3 heterocycles. The van der Waals surface area contributed by atoms with E-state index in [4.69, 9.17) is 41.9 Å². The van der Waals surface area contributed by atoms with Gasteiger partial charge in [0, 0.05) is 0 Å². The third kappa shape index (κ3) is 1.19. The van der Waals surface area contributed by atoms with Gasteiger partial charge in [0.1, 0.15) is 12.2 Å². The van der Waals surface area contributed by atoms with E-state index >= 15 is 0 Å². The van der Waals surface area contributed by atoms with Crippen molar-refractivity contribution in [1.82, 2.24) is 0 Å². The summed E-state index contributed by atoms with van der Waals surface area (Å²) in [4.78, 5) is 0. The Morgan fingerprint density at radius 2 is 1.87 bits per heavy atom. The van der Waals surface area contributed by atoms with E-state index in [2.05, 4.69) is 0 Å². The van der Waals surface area contributed by atoms with Gasteiger partial charge in [-0.1, -0.05) is 0 Å². The average Bonchev–Trinajstić information content (AvgIpc) is 2.69. The number of rotatable bonds is 0. The van der Waals surface area contributed by atoms with Crippen LogP contribution in [0.4, 0.5) is 0 Å². The SMILES string of the molecule is NC1(N)OCC2OCC3(N)OC3(N)C2O1. The average molecular weight is 218 g/mol. The van der Waals surface area contributed by atoms with Gasteiger partial charge in [-0.05, 0) is 0 Å². The Bertz CT molecular complexity index is 313. The van der Waals surface area contributed by atoms with E-state index in [1.54, 1.807) is 0 Å². The number of fused-ring (bicyclic) bond motifs is 3. The standard InChI is InChI=1S/C7H14N4O4/c8-5-2-12-3-1-13-7(10,11)14-4(3)6(5,9)15-5/h3-4H,1-2,8-11H2. The molecular weight excluding hydrogens is 204 g/mol. The monoisotopic (exact) mass is 218 g/mol. The Balaban J connectivity index is 1.87. The van der Waals surface area contributed by atoms with E-state index in [-0.39, 0.29) is 19.3 Å². The second kappa shape index (κ2) is 2.50. The molecule has 3 rings (SSSR count). The van der Waals surface area contributed by atoms with Crippen LogP contribution in [0.15, 0.2) is 0 Å². The van der Waals surface area contributed by atoms with Crippen molar-refractivity contribution in [3.8, 4) is 0 Å². The second-order valence-corrected chi connectivity index (χ2v) is 4.20. The van der Waals surface area contributed by atoms with Crippen molar-refractivity contribution in [2.75, 3.05) is 13.2 Å². The zero-order chi connectivity index (χ0) is 10.9. The third-order valence-corrected chi connectivity index (χ3v) is 3.03. The van der Waals surface area contributed by atoms with Gasteiger partial charge in [0.25, 0.3) is 6.03 Å². The van der Waals surface area contributed by atoms with E-state index < -0.39 is 23.6 Å². The van der Waals surface area contributed by atoms with Crippen LogP contribution < -0.4 is 22.9 Å². The van der Waals surface area contributed by atoms with E-state index in [0.717, 1.165) is 0 Å². The van der Waals surface area contributed by atoms with E-state index in [1.807, 2.05) is 0 Å². The minimum Gasteiger partial charge on any atom is -0.368 e. The highest BCUT2D eigenvalue weighted by molar-refractivity contribution is 5.18. The Labute approximate surface area is 85.7 Å². The van der Waals surface area contributed by atoms with Gasteiger partial charge in [0.2, 0.25) is 0 Å². The molecule has 3 aliphatic rings. The molecule has 4 unspecified atom stereocenters. The van der Waals surface area contributed by atoms with Gasteiger partial charge in [-0.25, -0.2) is 0 Å². The molecule has 3 saturated heterocycles. The minimum absolute atomic E-state index is 0.204. The summed E-state index contributed by atoms with van der Waals surface area (Å²) in [5.41, 5.74) is 20.7. The molecule has 0 amide bonds. The highest BCUT2D eigenvalue weighted by Gasteiger charge is 2.76. The number of hydrogen-bond donors (Lipinski definition) is 4. The first-order chi connectivity index (χ1) is 6.86. The zero-order valence-electron chi connectivity index (χ0n) is 8.01. The molecule has 0 bridgehead atoms. The largest absolute Gasteiger partial charge is 0.368 e. The van der Waals surface area contributed by atoms with E-state index in [9.17, 15) is 0 Å². The maximum atomic E-state index is 5.94. The fourth-order valence-corrected chi connectivity index (χ4v) is 2.06. The first-order valence-electron chi connectivity index (χ1n) is 4.65. The van der Waals surface area contributed by atoms with Crippen LogP contribution in [0.3, 0.4) is 0 Å². The van der Waals surface area contributed by atoms with Crippen molar-refractivity contribution >= 4 is 0 Å². The van der Waals surface area contributed by atoms with Crippen LogP contribution in [0.1, 0.15) is 0 Å². The Hall–Kier alpha value is -0.320. The van der Waals surface area contributed by atoms with Gasteiger partial charge < -0.3 is 18.9 Å². The van der Waals surface area contributed by atoms with Crippen molar-refractivity contribution < 1.29 is 18.9 Å². The molecule has 0 saturated carbocycles. The molecule has 8 heteroatoms. The van der Waals surface area contributed by atoms with Gasteiger partial charge in [0.15, 0.2) is 11.4 Å². The van der Waals surface area contributed by atoms with Crippen LogP contribution in [0.25, 0.3) is 0 Å².